The molecule has 0 spiro atoms. The van der Waals surface area contributed by atoms with Gasteiger partial charge >= 0.3 is 6.18 Å². The molecule has 1 aromatic heterocycles. The molecule has 0 unspecified atom stereocenters. The summed E-state index contributed by atoms with van der Waals surface area (Å²) in [7, 11) is 1.89. The van der Waals surface area contributed by atoms with Crippen LogP contribution in [0.3, 0.4) is 0 Å². The van der Waals surface area contributed by atoms with Crippen molar-refractivity contribution >= 4 is 5.91 Å². The monoisotopic (exact) mass is 381 g/mol. The number of nitrogens with zero attached hydrogens (tertiary/aromatic N) is 3. The second kappa shape index (κ2) is 7.34. The van der Waals surface area contributed by atoms with E-state index in [9.17, 15) is 18.0 Å². The molecular weight excluding hydrogens is 359 g/mol. The first-order valence-electron chi connectivity index (χ1n) is 8.86. The van der Waals surface area contributed by atoms with E-state index in [2.05, 4.69) is 5.16 Å². The number of amides is 1. The fourth-order valence-corrected chi connectivity index (χ4v) is 3.17. The van der Waals surface area contributed by atoms with Gasteiger partial charge in [-0.2, -0.15) is 13.2 Å². The fourth-order valence-electron chi connectivity index (χ4n) is 3.17. The summed E-state index contributed by atoms with van der Waals surface area (Å²) in [5.74, 6) is 0.704. The number of carbonyl (C=O) groups is 1. The van der Waals surface area contributed by atoms with E-state index in [4.69, 9.17) is 4.52 Å². The first-order valence-corrected chi connectivity index (χ1v) is 8.86. The Morgan fingerprint density at radius 2 is 2.00 bits per heavy atom. The lowest BCUT2D eigenvalue weighted by Crippen LogP contribution is -2.47. The third-order valence-corrected chi connectivity index (χ3v) is 5.14. The van der Waals surface area contributed by atoms with Crippen LogP contribution in [-0.2, 0) is 23.9 Å². The maximum Gasteiger partial charge on any atom is 0.416 e. The van der Waals surface area contributed by atoms with Gasteiger partial charge in [-0.15, -0.1) is 0 Å². The smallest absolute Gasteiger partial charge is 0.360 e. The van der Waals surface area contributed by atoms with Crippen LogP contribution in [0, 0.1) is 0 Å². The standard InChI is InChI=1S/C19H22F3N3O2/c1-4-24(3)12(2)18(26)25-10-9-16-15(11-25)17(23-27-16)13-5-7-14(8-6-13)19(20,21)22/h5-8,12H,4,9-11H2,1-3H3/t12-/m1/s1. The van der Waals surface area contributed by atoms with Crippen LogP contribution in [0.25, 0.3) is 11.3 Å². The predicted molar refractivity (Wildman–Crippen MR) is 93.8 cm³/mol. The van der Waals surface area contributed by atoms with Gasteiger partial charge in [-0.05, 0) is 32.6 Å². The lowest BCUT2D eigenvalue weighted by atomic mass is 10.00. The molecule has 0 saturated carbocycles. The third kappa shape index (κ3) is 3.85. The van der Waals surface area contributed by atoms with Crippen molar-refractivity contribution in [2.24, 2.45) is 0 Å². The average Bonchev–Trinajstić information content (AvgIpc) is 3.08. The molecule has 1 aliphatic rings. The van der Waals surface area contributed by atoms with Gasteiger partial charge in [0.1, 0.15) is 11.5 Å². The van der Waals surface area contributed by atoms with E-state index in [1.807, 2.05) is 25.8 Å². The number of halogens is 3. The first-order chi connectivity index (χ1) is 12.7. The lowest BCUT2D eigenvalue weighted by Gasteiger charge is -2.32. The van der Waals surface area contributed by atoms with Gasteiger partial charge in [-0.25, -0.2) is 0 Å². The number of hydrogen-bond acceptors (Lipinski definition) is 4. The highest BCUT2D eigenvalue weighted by atomic mass is 19.4. The topological polar surface area (TPSA) is 49.6 Å². The Morgan fingerprint density at radius 1 is 1.33 bits per heavy atom. The van der Waals surface area contributed by atoms with Gasteiger partial charge in [0.2, 0.25) is 5.91 Å². The molecule has 8 heteroatoms. The molecule has 1 amide bonds. The lowest BCUT2D eigenvalue weighted by molar-refractivity contribution is -0.138. The largest absolute Gasteiger partial charge is 0.416 e. The summed E-state index contributed by atoms with van der Waals surface area (Å²) in [6.45, 7) is 5.49. The van der Waals surface area contributed by atoms with Crippen LogP contribution in [0.5, 0.6) is 0 Å². The molecule has 1 aromatic carbocycles. The molecule has 2 aromatic rings. The van der Waals surface area contributed by atoms with Gasteiger partial charge in [-0.1, -0.05) is 24.2 Å². The van der Waals surface area contributed by atoms with Crippen LogP contribution in [0.2, 0.25) is 0 Å². The van der Waals surface area contributed by atoms with E-state index in [0.717, 1.165) is 24.2 Å². The van der Waals surface area contributed by atoms with Crippen LogP contribution in [0.1, 0.15) is 30.7 Å². The molecule has 5 nitrogen and oxygen atoms in total. The highest BCUT2D eigenvalue weighted by molar-refractivity contribution is 5.82. The number of alkyl halides is 3. The second-order valence-electron chi connectivity index (χ2n) is 6.77. The summed E-state index contributed by atoms with van der Waals surface area (Å²) < 4.78 is 43.7. The first kappa shape index (κ1) is 19.4. The van der Waals surface area contributed by atoms with Crippen LogP contribution in [0.4, 0.5) is 13.2 Å². The summed E-state index contributed by atoms with van der Waals surface area (Å²) in [4.78, 5) is 16.5. The SMILES string of the molecule is CCN(C)[C@H](C)C(=O)N1CCc2onc(-c3ccc(C(F)(F)F)cc3)c2C1. The number of hydrogen-bond donors (Lipinski definition) is 0. The second-order valence-corrected chi connectivity index (χ2v) is 6.77. The minimum atomic E-state index is -4.38. The maximum absolute atomic E-state index is 12.8. The van der Waals surface area contributed by atoms with E-state index in [0.29, 0.717) is 36.5 Å². The van der Waals surface area contributed by atoms with Gasteiger partial charge < -0.3 is 9.42 Å². The normalized spacial score (nSPS) is 15.7. The third-order valence-electron chi connectivity index (χ3n) is 5.14. The van der Waals surface area contributed by atoms with Gasteiger partial charge in [0.15, 0.2) is 0 Å². The highest BCUT2D eigenvalue weighted by Crippen LogP contribution is 2.33. The predicted octanol–water partition coefficient (Wildman–Crippen LogP) is 3.59. The Bertz CT molecular complexity index is 815. The molecule has 0 saturated heterocycles. The average molecular weight is 381 g/mol. The number of benzene rings is 1. The zero-order valence-corrected chi connectivity index (χ0v) is 15.5. The van der Waals surface area contributed by atoms with Crippen molar-refractivity contribution in [1.82, 2.24) is 15.0 Å². The Labute approximate surface area is 155 Å². The van der Waals surface area contributed by atoms with Crippen molar-refractivity contribution in [3.8, 4) is 11.3 Å². The molecule has 3 rings (SSSR count). The molecule has 2 heterocycles. The van der Waals surface area contributed by atoms with Crippen LogP contribution in [-0.4, -0.2) is 47.0 Å². The summed E-state index contributed by atoms with van der Waals surface area (Å²) in [6, 6.07) is 4.58. The summed E-state index contributed by atoms with van der Waals surface area (Å²) in [6.07, 6.45) is -3.84. The maximum atomic E-state index is 12.8. The number of likely N-dealkylation sites (N-methyl/N-ethyl adjacent to an activating group) is 1. The van der Waals surface area contributed by atoms with Crippen LogP contribution >= 0.6 is 0 Å². The fraction of sp³-hybridized carbons (Fsp3) is 0.474. The number of carbonyl (C=O) groups excluding carboxylic acids is 1. The molecule has 146 valence electrons. The molecule has 1 atom stereocenters. The molecule has 27 heavy (non-hydrogen) atoms. The molecule has 0 bridgehead atoms. The van der Waals surface area contributed by atoms with E-state index in [1.165, 1.54) is 12.1 Å². The van der Waals surface area contributed by atoms with Gasteiger partial charge in [0.25, 0.3) is 0 Å². The van der Waals surface area contributed by atoms with Crippen molar-refractivity contribution in [1.29, 1.82) is 0 Å². The summed E-state index contributed by atoms with van der Waals surface area (Å²) in [5.41, 5.74) is 1.09. The molecule has 1 aliphatic heterocycles. The molecule has 0 fully saturated rings. The molecule has 0 radical (unpaired) electrons. The summed E-state index contributed by atoms with van der Waals surface area (Å²) >= 11 is 0. The molecule has 0 aliphatic carbocycles. The van der Waals surface area contributed by atoms with E-state index in [-0.39, 0.29) is 11.9 Å². The van der Waals surface area contributed by atoms with E-state index in [1.54, 1.807) is 4.90 Å². The zero-order valence-electron chi connectivity index (χ0n) is 15.5. The van der Waals surface area contributed by atoms with Crippen LogP contribution < -0.4 is 0 Å². The Balaban J connectivity index is 1.84. The molecule has 0 N–H and O–H groups in total. The Hall–Kier alpha value is -2.35. The van der Waals surface area contributed by atoms with Gasteiger partial charge in [0, 0.05) is 24.1 Å². The van der Waals surface area contributed by atoms with Crippen molar-refractivity contribution in [3.05, 3.63) is 41.2 Å². The highest BCUT2D eigenvalue weighted by Gasteiger charge is 2.32. The van der Waals surface area contributed by atoms with E-state index < -0.39 is 11.7 Å². The van der Waals surface area contributed by atoms with Crippen molar-refractivity contribution in [2.75, 3.05) is 20.1 Å². The molecular formula is C19H22F3N3O2. The van der Waals surface area contributed by atoms with E-state index >= 15 is 0 Å². The number of aromatic nitrogens is 1. The number of fused-ring (bicyclic) bond motifs is 1. The van der Waals surface area contributed by atoms with Crippen molar-refractivity contribution in [2.45, 2.75) is 39.0 Å². The zero-order chi connectivity index (χ0) is 19.8. The summed E-state index contributed by atoms with van der Waals surface area (Å²) in [5, 5.41) is 4.05. The minimum absolute atomic E-state index is 0.0181. The van der Waals surface area contributed by atoms with Crippen molar-refractivity contribution in [3.63, 3.8) is 0 Å². The number of rotatable bonds is 4. The Kier molecular flexibility index (Phi) is 5.28. The van der Waals surface area contributed by atoms with Gasteiger partial charge in [0.05, 0.1) is 18.2 Å². The minimum Gasteiger partial charge on any atom is -0.360 e. The quantitative estimate of drug-likeness (QED) is 0.812. The van der Waals surface area contributed by atoms with Crippen LogP contribution in [0.15, 0.2) is 28.8 Å². The Morgan fingerprint density at radius 3 is 2.59 bits per heavy atom. The van der Waals surface area contributed by atoms with Crippen molar-refractivity contribution < 1.29 is 22.5 Å². The van der Waals surface area contributed by atoms with Gasteiger partial charge in [-0.3, -0.25) is 9.69 Å².